The van der Waals surface area contributed by atoms with Crippen LogP contribution in [0, 0.1) is 0 Å². The number of anilines is 2. The number of urea groups is 1. The van der Waals surface area contributed by atoms with Crippen LogP contribution in [-0.4, -0.2) is 23.7 Å². The number of alkyl halides is 2. The van der Waals surface area contributed by atoms with E-state index in [0.717, 1.165) is 5.56 Å². The Morgan fingerprint density at radius 2 is 1.50 bits per heavy atom. The van der Waals surface area contributed by atoms with Crippen LogP contribution < -0.4 is 20.1 Å². The fraction of sp³-hybridized carbons (Fsp3) is 0.161. The van der Waals surface area contributed by atoms with Crippen LogP contribution >= 0.6 is 0 Å². The van der Waals surface area contributed by atoms with Crippen molar-refractivity contribution < 1.29 is 33.0 Å². The number of amides is 2. The number of carbonyl (C=O) groups is 2. The quantitative estimate of drug-likeness (QED) is 0.206. The molecular weight excluding hydrogens is 518 g/mol. The number of aromatic carboxylic acids is 1. The summed E-state index contributed by atoms with van der Waals surface area (Å²) in [5, 5.41) is 14.8. The van der Waals surface area contributed by atoms with E-state index in [-0.39, 0.29) is 16.7 Å². The Morgan fingerprint density at radius 3 is 2.17 bits per heavy atom. The number of hydrogen-bond acceptors (Lipinski definition) is 4. The predicted octanol–water partition coefficient (Wildman–Crippen LogP) is 8.39. The lowest BCUT2D eigenvalue weighted by atomic mass is 9.86. The fourth-order valence-corrected chi connectivity index (χ4v) is 4.03. The lowest BCUT2D eigenvalue weighted by Gasteiger charge is -2.23. The van der Waals surface area contributed by atoms with Crippen molar-refractivity contribution in [1.82, 2.24) is 0 Å². The van der Waals surface area contributed by atoms with Crippen molar-refractivity contribution in [3.8, 4) is 28.4 Å². The van der Waals surface area contributed by atoms with Gasteiger partial charge in [0.15, 0.2) is 5.75 Å². The lowest BCUT2D eigenvalue weighted by Crippen LogP contribution is -2.20. The molecule has 0 heterocycles. The van der Waals surface area contributed by atoms with Crippen molar-refractivity contribution in [1.29, 1.82) is 0 Å². The summed E-state index contributed by atoms with van der Waals surface area (Å²) in [7, 11) is 0. The standard InChI is InChI=1S/C31H28F2N2O5/c1-31(2,3)24-9-4-5-10-26(24)40-27-16-11-20(19-7-6-8-21(17-19)28(36)37)18-25(27)35-30(38)34-22-12-14-23(15-13-22)39-29(32)33/h4-18,29H,1-3H3,(H,36,37)(H2,34,35,38). The van der Waals surface area contributed by atoms with Gasteiger partial charge in [-0.05, 0) is 71.1 Å². The summed E-state index contributed by atoms with van der Waals surface area (Å²) < 4.78 is 35.5. The Balaban J connectivity index is 1.66. The molecule has 0 atom stereocenters. The Morgan fingerprint density at radius 1 is 0.800 bits per heavy atom. The topological polar surface area (TPSA) is 96.9 Å². The molecule has 0 spiro atoms. The Hall–Kier alpha value is -4.92. The molecular formula is C31H28F2N2O5. The maximum absolute atomic E-state index is 13.0. The average molecular weight is 547 g/mol. The zero-order valence-electron chi connectivity index (χ0n) is 22.1. The molecule has 0 aromatic heterocycles. The van der Waals surface area contributed by atoms with Crippen LogP contribution in [0.4, 0.5) is 25.0 Å². The first-order valence-electron chi connectivity index (χ1n) is 12.4. The van der Waals surface area contributed by atoms with Crippen molar-refractivity contribution in [2.24, 2.45) is 0 Å². The number of carboxylic acid groups (broad SMARTS) is 1. The molecule has 0 bridgehead atoms. The van der Waals surface area contributed by atoms with E-state index in [0.29, 0.717) is 34.0 Å². The number of carboxylic acids is 1. The largest absolute Gasteiger partial charge is 0.478 e. The molecule has 0 aliphatic carbocycles. The number of ether oxygens (including phenoxy) is 2. The van der Waals surface area contributed by atoms with Gasteiger partial charge in [-0.15, -0.1) is 0 Å². The molecule has 206 valence electrons. The predicted molar refractivity (Wildman–Crippen MR) is 150 cm³/mol. The molecule has 0 aliphatic rings. The van der Waals surface area contributed by atoms with Gasteiger partial charge in [0.25, 0.3) is 0 Å². The van der Waals surface area contributed by atoms with Gasteiger partial charge in [-0.1, -0.05) is 57.2 Å². The molecule has 40 heavy (non-hydrogen) atoms. The highest BCUT2D eigenvalue weighted by Crippen LogP contribution is 2.38. The van der Waals surface area contributed by atoms with Crippen molar-refractivity contribution in [3.63, 3.8) is 0 Å². The molecule has 0 radical (unpaired) electrons. The minimum Gasteiger partial charge on any atom is -0.478 e. The van der Waals surface area contributed by atoms with Crippen molar-refractivity contribution >= 4 is 23.4 Å². The molecule has 4 aromatic rings. The maximum atomic E-state index is 13.0. The van der Waals surface area contributed by atoms with Gasteiger partial charge in [-0.2, -0.15) is 8.78 Å². The summed E-state index contributed by atoms with van der Waals surface area (Å²) in [6, 6.07) is 24.1. The SMILES string of the molecule is CC(C)(C)c1ccccc1Oc1ccc(-c2cccc(C(=O)O)c2)cc1NC(=O)Nc1ccc(OC(F)F)cc1. The number of rotatable bonds is 8. The molecule has 2 amide bonds. The number of halogens is 2. The minimum atomic E-state index is -2.95. The number of nitrogens with one attached hydrogen (secondary N) is 2. The second-order valence-electron chi connectivity index (χ2n) is 9.93. The third-order valence-electron chi connectivity index (χ3n) is 5.92. The highest BCUT2D eigenvalue weighted by Gasteiger charge is 2.20. The normalized spacial score (nSPS) is 11.2. The van der Waals surface area contributed by atoms with Gasteiger partial charge in [-0.3, -0.25) is 0 Å². The Bertz CT molecular complexity index is 1520. The van der Waals surface area contributed by atoms with Gasteiger partial charge >= 0.3 is 18.6 Å². The lowest BCUT2D eigenvalue weighted by molar-refractivity contribution is -0.0498. The summed E-state index contributed by atoms with van der Waals surface area (Å²) in [6.45, 7) is 3.25. The highest BCUT2D eigenvalue weighted by molar-refractivity contribution is 6.01. The second-order valence-corrected chi connectivity index (χ2v) is 9.93. The van der Waals surface area contributed by atoms with Crippen LogP contribution in [0.25, 0.3) is 11.1 Å². The van der Waals surface area contributed by atoms with Crippen molar-refractivity contribution in [2.75, 3.05) is 10.6 Å². The van der Waals surface area contributed by atoms with E-state index in [1.807, 2.05) is 24.3 Å². The Labute approximate surface area is 230 Å². The summed E-state index contributed by atoms with van der Waals surface area (Å²) in [5.41, 5.74) is 2.86. The van der Waals surface area contributed by atoms with Crippen LogP contribution in [-0.2, 0) is 5.41 Å². The second kappa shape index (κ2) is 11.9. The molecule has 4 rings (SSSR count). The maximum Gasteiger partial charge on any atom is 0.387 e. The first-order valence-corrected chi connectivity index (χ1v) is 12.4. The van der Waals surface area contributed by atoms with Crippen LogP contribution in [0.15, 0.2) is 91.0 Å². The fourth-order valence-electron chi connectivity index (χ4n) is 4.03. The molecule has 0 saturated carbocycles. The summed E-state index contributed by atoms with van der Waals surface area (Å²) in [6.07, 6.45) is 0. The van der Waals surface area contributed by atoms with E-state index in [4.69, 9.17) is 4.74 Å². The van der Waals surface area contributed by atoms with E-state index < -0.39 is 18.6 Å². The molecule has 9 heteroatoms. The first-order chi connectivity index (χ1) is 19.0. The Kier molecular flexibility index (Phi) is 8.33. The first kappa shape index (κ1) is 28.1. The van der Waals surface area contributed by atoms with Gasteiger partial charge in [0, 0.05) is 11.3 Å². The van der Waals surface area contributed by atoms with Crippen LogP contribution in [0.2, 0.25) is 0 Å². The number of carbonyl (C=O) groups excluding carboxylic acids is 1. The van der Waals surface area contributed by atoms with Crippen LogP contribution in [0.1, 0.15) is 36.7 Å². The van der Waals surface area contributed by atoms with E-state index >= 15 is 0 Å². The minimum absolute atomic E-state index is 0.0366. The van der Waals surface area contributed by atoms with Gasteiger partial charge in [0.1, 0.15) is 11.5 Å². The molecule has 4 aromatic carbocycles. The summed E-state index contributed by atoms with van der Waals surface area (Å²) >= 11 is 0. The molecule has 0 unspecified atom stereocenters. The third-order valence-corrected chi connectivity index (χ3v) is 5.92. The average Bonchev–Trinajstić information content (AvgIpc) is 2.90. The number of benzene rings is 4. The van der Waals surface area contributed by atoms with E-state index in [1.54, 1.807) is 36.4 Å². The van der Waals surface area contributed by atoms with Gasteiger partial charge < -0.3 is 25.2 Å². The highest BCUT2D eigenvalue weighted by atomic mass is 19.3. The third kappa shape index (κ3) is 7.13. The zero-order valence-corrected chi connectivity index (χ0v) is 22.1. The molecule has 0 fully saturated rings. The summed E-state index contributed by atoms with van der Waals surface area (Å²) in [4.78, 5) is 24.4. The smallest absolute Gasteiger partial charge is 0.387 e. The summed E-state index contributed by atoms with van der Waals surface area (Å²) in [5.74, 6) is -0.104. The van der Waals surface area contributed by atoms with Crippen LogP contribution in [0.3, 0.4) is 0 Å². The molecule has 0 saturated heterocycles. The van der Waals surface area contributed by atoms with E-state index in [9.17, 15) is 23.5 Å². The van der Waals surface area contributed by atoms with Gasteiger partial charge in [0.2, 0.25) is 0 Å². The van der Waals surface area contributed by atoms with Crippen molar-refractivity contribution in [3.05, 3.63) is 102 Å². The monoisotopic (exact) mass is 546 g/mol. The van der Waals surface area contributed by atoms with Gasteiger partial charge in [-0.25, -0.2) is 9.59 Å². The zero-order chi connectivity index (χ0) is 28.9. The molecule has 7 nitrogen and oxygen atoms in total. The molecule has 0 aliphatic heterocycles. The number of para-hydroxylation sites is 1. The number of hydrogen-bond donors (Lipinski definition) is 3. The van der Waals surface area contributed by atoms with Crippen molar-refractivity contribution in [2.45, 2.75) is 32.8 Å². The van der Waals surface area contributed by atoms with Crippen LogP contribution in [0.5, 0.6) is 17.2 Å². The molecule has 3 N–H and O–H groups in total. The van der Waals surface area contributed by atoms with Gasteiger partial charge in [0.05, 0.1) is 11.3 Å². The van der Waals surface area contributed by atoms with E-state index in [2.05, 4.69) is 36.1 Å². The van der Waals surface area contributed by atoms with E-state index in [1.165, 1.54) is 30.3 Å².